The number of halogens is 3. The van der Waals surface area contributed by atoms with Gasteiger partial charge in [0.25, 0.3) is 0 Å². The summed E-state index contributed by atoms with van der Waals surface area (Å²) in [6, 6.07) is 2.98. The van der Waals surface area contributed by atoms with Crippen molar-refractivity contribution in [1.82, 2.24) is 0 Å². The van der Waals surface area contributed by atoms with Crippen LogP contribution in [0.3, 0.4) is 0 Å². The van der Waals surface area contributed by atoms with Crippen molar-refractivity contribution < 1.29 is 9.50 Å². The van der Waals surface area contributed by atoms with Crippen LogP contribution in [0.5, 0.6) is 0 Å². The van der Waals surface area contributed by atoms with E-state index in [1.54, 1.807) is 0 Å². The molecule has 5 heteroatoms. The minimum absolute atomic E-state index is 0.180. The van der Waals surface area contributed by atoms with Crippen LogP contribution in [0.4, 0.5) is 10.1 Å². The summed E-state index contributed by atoms with van der Waals surface area (Å²) in [5.74, 6) is -0.355. The van der Waals surface area contributed by atoms with E-state index in [1.807, 2.05) is 0 Å². The molecule has 1 aliphatic rings. The molecule has 1 saturated carbocycles. The minimum Gasteiger partial charge on any atom is -0.393 e. The molecule has 0 atom stereocenters. The van der Waals surface area contributed by atoms with Crippen LogP contribution in [0.2, 0.25) is 5.02 Å². The zero-order valence-corrected chi connectivity index (χ0v) is 11.6. The second-order valence-corrected chi connectivity index (χ2v) is 5.66. The van der Waals surface area contributed by atoms with Crippen LogP contribution in [-0.4, -0.2) is 17.3 Å². The molecule has 0 spiro atoms. The quantitative estimate of drug-likeness (QED) is 0.864. The lowest BCUT2D eigenvalue weighted by Gasteiger charge is -2.27. The number of hydrogen-bond donors (Lipinski definition) is 2. The molecule has 2 nitrogen and oxygen atoms in total. The van der Waals surface area contributed by atoms with Gasteiger partial charge in [0.2, 0.25) is 0 Å². The average molecular weight is 323 g/mol. The highest BCUT2D eigenvalue weighted by molar-refractivity contribution is 9.10. The van der Waals surface area contributed by atoms with Gasteiger partial charge in [-0.05, 0) is 53.7 Å². The van der Waals surface area contributed by atoms with Gasteiger partial charge in [0.15, 0.2) is 0 Å². The minimum atomic E-state index is -0.355. The van der Waals surface area contributed by atoms with Crippen LogP contribution < -0.4 is 5.32 Å². The van der Waals surface area contributed by atoms with Crippen molar-refractivity contribution in [1.29, 1.82) is 0 Å². The van der Waals surface area contributed by atoms with Crippen LogP contribution in [-0.2, 0) is 0 Å². The molecule has 94 valence electrons. The second-order valence-electron chi connectivity index (χ2n) is 4.39. The fourth-order valence-corrected chi connectivity index (χ4v) is 3.03. The van der Waals surface area contributed by atoms with E-state index < -0.39 is 0 Å². The number of hydrogen-bond acceptors (Lipinski definition) is 2. The summed E-state index contributed by atoms with van der Waals surface area (Å²) < 4.78 is 13.7. The van der Waals surface area contributed by atoms with Crippen molar-refractivity contribution in [2.24, 2.45) is 0 Å². The SMILES string of the molecule is OC1CCC(Nc2c(Cl)cc(F)cc2Br)CC1. The molecule has 1 aromatic rings. The monoisotopic (exact) mass is 321 g/mol. The van der Waals surface area contributed by atoms with E-state index >= 15 is 0 Å². The molecule has 0 aromatic heterocycles. The summed E-state index contributed by atoms with van der Waals surface area (Å²) in [5.41, 5.74) is 0.731. The highest BCUT2D eigenvalue weighted by Gasteiger charge is 2.20. The lowest BCUT2D eigenvalue weighted by atomic mass is 9.93. The number of nitrogens with one attached hydrogen (secondary N) is 1. The number of benzene rings is 1. The van der Waals surface area contributed by atoms with Crippen LogP contribution in [0.1, 0.15) is 25.7 Å². The highest BCUT2D eigenvalue weighted by Crippen LogP contribution is 2.34. The lowest BCUT2D eigenvalue weighted by molar-refractivity contribution is 0.126. The molecule has 0 unspecified atom stereocenters. The van der Waals surface area contributed by atoms with Crippen molar-refractivity contribution in [3.63, 3.8) is 0 Å². The summed E-state index contributed by atoms with van der Waals surface area (Å²) in [5, 5.41) is 13.1. The van der Waals surface area contributed by atoms with Gasteiger partial charge in [-0.1, -0.05) is 11.6 Å². The molecule has 0 aliphatic heterocycles. The van der Waals surface area contributed by atoms with E-state index in [1.165, 1.54) is 12.1 Å². The summed E-state index contributed by atoms with van der Waals surface area (Å²) in [4.78, 5) is 0. The third kappa shape index (κ3) is 3.33. The Morgan fingerprint density at radius 3 is 2.53 bits per heavy atom. The van der Waals surface area contributed by atoms with Crippen molar-refractivity contribution in [2.75, 3.05) is 5.32 Å². The third-order valence-electron chi connectivity index (χ3n) is 3.05. The Bertz CT molecular complexity index is 384. The molecule has 17 heavy (non-hydrogen) atoms. The molecule has 1 aromatic carbocycles. The predicted octanol–water partition coefficient (Wildman–Crippen LogP) is 3.96. The van der Waals surface area contributed by atoms with Crippen LogP contribution in [0.25, 0.3) is 0 Å². The maximum atomic E-state index is 13.1. The lowest BCUT2D eigenvalue weighted by Crippen LogP contribution is -2.28. The van der Waals surface area contributed by atoms with Gasteiger partial charge >= 0.3 is 0 Å². The van der Waals surface area contributed by atoms with Crippen molar-refractivity contribution in [2.45, 2.75) is 37.8 Å². The first-order valence-corrected chi connectivity index (χ1v) is 6.82. The Hall–Kier alpha value is -0.320. The van der Waals surface area contributed by atoms with E-state index in [0.717, 1.165) is 31.4 Å². The molecule has 0 radical (unpaired) electrons. The van der Waals surface area contributed by atoms with Gasteiger partial charge in [-0.2, -0.15) is 0 Å². The Morgan fingerprint density at radius 1 is 1.29 bits per heavy atom. The van der Waals surface area contributed by atoms with Gasteiger partial charge in [-0.3, -0.25) is 0 Å². The van der Waals surface area contributed by atoms with Gasteiger partial charge in [0.05, 0.1) is 16.8 Å². The fraction of sp³-hybridized carbons (Fsp3) is 0.500. The van der Waals surface area contributed by atoms with Crippen LogP contribution in [0, 0.1) is 5.82 Å². The summed E-state index contributed by atoms with van der Waals surface area (Å²) in [6.45, 7) is 0. The van der Waals surface area contributed by atoms with Gasteiger partial charge in [-0.15, -0.1) is 0 Å². The zero-order chi connectivity index (χ0) is 12.4. The van der Waals surface area contributed by atoms with Gasteiger partial charge in [0, 0.05) is 10.5 Å². The van der Waals surface area contributed by atoms with Crippen molar-refractivity contribution >= 4 is 33.2 Å². The first kappa shape index (κ1) is 13.1. The highest BCUT2D eigenvalue weighted by atomic mass is 79.9. The van der Waals surface area contributed by atoms with Crippen molar-refractivity contribution in [3.8, 4) is 0 Å². The molecular formula is C12H14BrClFNO. The van der Waals surface area contributed by atoms with E-state index in [-0.39, 0.29) is 18.0 Å². The molecule has 2 N–H and O–H groups in total. The molecule has 0 amide bonds. The van der Waals surface area contributed by atoms with Crippen molar-refractivity contribution in [3.05, 3.63) is 27.4 Å². The Morgan fingerprint density at radius 2 is 1.94 bits per heavy atom. The maximum absolute atomic E-state index is 13.1. The second kappa shape index (κ2) is 5.55. The van der Waals surface area contributed by atoms with Gasteiger partial charge < -0.3 is 10.4 Å². The third-order valence-corrected chi connectivity index (χ3v) is 3.98. The number of rotatable bonds is 2. The summed E-state index contributed by atoms with van der Waals surface area (Å²) in [7, 11) is 0. The maximum Gasteiger partial charge on any atom is 0.125 e. The number of aliphatic hydroxyl groups is 1. The fourth-order valence-electron chi connectivity index (χ4n) is 2.10. The van der Waals surface area contributed by atoms with E-state index in [9.17, 15) is 9.50 Å². The molecule has 2 rings (SSSR count). The molecule has 0 bridgehead atoms. The number of anilines is 1. The average Bonchev–Trinajstić information content (AvgIpc) is 2.26. The van der Waals surface area contributed by atoms with Gasteiger partial charge in [-0.25, -0.2) is 4.39 Å². The Kier molecular flexibility index (Phi) is 4.28. The molecule has 0 heterocycles. The predicted molar refractivity (Wildman–Crippen MR) is 71.0 cm³/mol. The van der Waals surface area contributed by atoms with Crippen LogP contribution in [0.15, 0.2) is 16.6 Å². The Labute approximate surface area is 113 Å². The standard InChI is InChI=1S/C12H14BrClFNO/c13-10-5-7(15)6-11(14)12(10)16-8-1-3-9(17)4-2-8/h5-6,8-9,16-17H,1-4H2. The zero-order valence-electron chi connectivity index (χ0n) is 9.22. The smallest absolute Gasteiger partial charge is 0.125 e. The molecule has 1 aliphatic carbocycles. The normalized spacial score (nSPS) is 24.7. The summed E-state index contributed by atoms with van der Waals surface area (Å²) >= 11 is 9.30. The topological polar surface area (TPSA) is 32.3 Å². The first-order valence-electron chi connectivity index (χ1n) is 5.65. The first-order chi connectivity index (χ1) is 8.06. The number of aliphatic hydroxyl groups excluding tert-OH is 1. The molecule has 0 saturated heterocycles. The Balaban J connectivity index is 2.08. The van der Waals surface area contributed by atoms with E-state index in [0.29, 0.717) is 9.50 Å². The van der Waals surface area contributed by atoms with Gasteiger partial charge in [0.1, 0.15) is 5.82 Å². The van der Waals surface area contributed by atoms with E-state index in [2.05, 4.69) is 21.2 Å². The van der Waals surface area contributed by atoms with Crippen LogP contribution >= 0.6 is 27.5 Å². The largest absolute Gasteiger partial charge is 0.393 e. The summed E-state index contributed by atoms with van der Waals surface area (Å²) in [6.07, 6.45) is 3.23. The molecule has 1 fully saturated rings. The van der Waals surface area contributed by atoms with E-state index in [4.69, 9.17) is 11.6 Å². The molecular weight excluding hydrogens is 308 g/mol.